The topological polar surface area (TPSA) is 117 Å². The molecular formula is C26H37ClN4O5S. The third-order valence-electron chi connectivity index (χ3n) is 7.68. The van der Waals surface area contributed by atoms with E-state index < -0.39 is 21.8 Å². The molecule has 1 N–H and O–H groups in total. The molecule has 1 aliphatic carbocycles. The number of sulfonamides is 1. The molecule has 0 atom stereocenters. The summed E-state index contributed by atoms with van der Waals surface area (Å²) in [6, 6.07) is 1.66. The summed E-state index contributed by atoms with van der Waals surface area (Å²) in [5.74, 6) is -0.142. The Kier molecular flexibility index (Phi) is 9.11. The second-order valence-electron chi connectivity index (χ2n) is 10.5. The molecule has 0 spiro atoms. The van der Waals surface area contributed by atoms with E-state index in [1.165, 1.54) is 0 Å². The lowest BCUT2D eigenvalue weighted by atomic mass is 9.96. The van der Waals surface area contributed by atoms with E-state index in [4.69, 9.17) is 16.6 Å². The minimum absolute atomic E-state index is 0.0164. The number of ketones is 1. The first-order chi connectivity index (χ1) is 17.7. The minimum atomic E-state index is -3.64. The van der Waals surface area contributed by atoms with E-state index in [2.05, 4.69) is 4.72 Å². The molecule has 2 saturated heterocycles. The van der Waals surface area contributed by atoms with Gasteiger partial charge in [-0.2, -0.15) is 0 Å². The van der Waals surface area contributed by atoms with Crippen LogP contribution in [0.3, 0.4) is 0 Å². The number of piperidine rings is 1. The quantitative estimate of drug-likeness (QED) is 0.440. The van der Waals surface area contributed by atoms with E-state index in [1.54, 1.807) is 11.0 Å². The Hall–Kier alpha value is -2.20. The first-order valence-electron chi connectivity index (χ1n) is 13.5. The average Bonchev–Trinajstić information content (AvgIpc) is 3.51. The Morgan fingerprint density at radius 1 is 1.11 bits per heavy atom. The van der Waals surface area contributed by atoms with Gasteiger partial charge in [0.2, 0.25) is 21.8 Å². The highest BCUT2D eigenvalue weighted by atomic mass is 35.5. The number of carbonyl (C=O) groups is 3. The van der Waals surface area contributed by atoms with Crippen molar-refractivity contribution in [1.82, 2.24) is 14.6 Å². The molecule has 0 aromatic carbocycles. The fourth-order valence-electron chi connectivity index (χ4n) is 5.63. The molecule has 37 heavy (non-hydrogen) atoms. The zero-order valence-electron chi connectivity index (χ0n) is 21.5. The van der Waals surface area contributed by atoms with Crippen molar-refractivity contribution in [2.24, 2.45) is 11.8 Å². The van der Waals surface area contributed by atoms with Gasteiger partial charge >= 0.3 is 0 Å². The van der Waals surface area contributed by atoms with E-state index >= 15 is 0 Å². The lowest BCUT2D eigenvalue weighted by molar-refractivity contribution is -0.128. The number of anilines is 1. The van der Waals surface area contributed by atoms with Gasteiger partial charge in [-0.05, 0) is 50.5 Å². The molecule has 3 heterocycles. The second kappa shape index (κ2) is 12.1. The fraction of sp³-hybridized carbons (Fsp3) is 0.692. The van der Waals surface area contributed by atoms with Gasteiger partial charge in [0.15, 0.2) is 5.78 Å². The number of hydrogen-bond acceptors (Lipinski definition) is 7. The Morgan fingerprint density at radius 3 is 2.43 bits per heavy atom. The molecule has 1 aromatic heterocycles. The maximum atomic E-state index is 12.8. The van der Waals surface area contributed by atoms with Gasteiger partial charge in [0.25, 0.3) is 0 Å². The van der Waals surface area contributed by atoms with Crippen molar-refractivity contribution in [3.05, 3.63) is 22.3 Å². The summed E-state index contributed by atoms with van der Waals surface area (Å²) in [6.07, 6.45) is 7.22. The second-order valence-corrected chi connectivity index (χ2v) is 12.7. The standard InChI is InChI=1S/C26H37ClN4O5S/c1-2-6-23(32)20-15-21(27)25(28-22(20)16-31-12-5-9-24(31)33)30-13-10-19(11-14-30)26(34)29-37(35,36)17-18-7-3-4-8-18/h15,18-19H,2-14,16-17H2,1H3,(H,29,34). The van der Waals surface area contributed by atoms with Crippen molar-refractivity contribution in [3.8, 4) is 0 Å². The van der Waals surface area contributed by atoms with E-state index in [0.29, 0.717) is 73.8 Å². The molecule has 1 saturated carbocycles. The number of pyridine rings is 1. The van der Waals surface area contributed by atoms with Gasteiger partial charge in [-0.3, -0.25) is 19.1 Å². The Morgan fingerprint density at radius 2 is 1.81 bits per heavy atom. The molecule has 0 unspecified atom stereocenters. The van der Waals surface area contributed by atoms with Gasteiger partial charge in [0.05, 0.1) is 23.0 Å². The highest BCUT2D eigenvalue weighted by molar-refractivity contribution is 7.90. The van der Waals surface area contributed by atoms with Crippen LogP contribution in [0, 0.1) is 11.8 Å². The maximum absolute atomic E-state index is 12.8. The summed E-state index contributed by atoms with van der Waals surface area (Å²) in [7, 11) is -3.64. The van der Waals surface area contributed by atoms with Gasteiger partial charge in [-0.15, -0.1) is 0 Å². The van der Waals surface area contributed by atoms with Crippen molar-refractivity contribution in [3.63, 3.8) is 0 Å². The van der Waals surface area contributed by atoms with Crippen LogP contribution in [0.25, 0.3) is 0 Å². The van der Waals surface area contributed by atoms with Crippen LogP contribution in [0.4, 0.5) is 5.82 Å². The van der Waals surface area contributed by atoms with E-state index in [1.807, 2.05) is 11.8 Å². The van der Waals surface area contributed by atoms with Crippen LogP contribution >= 0.6 is 11.6 Å². The zero-order chi connectivity index (χ0) is 26.6. The average molecular weight is 553 g/mol. The maximum Gasteiger partial charge on any atom is 0.236 e. The van der Waals surface area contributed by atoms with Crippen LogP contribution in [-0.2, 0) is 26.2 Å². The largest absolute Gasteiger partial charge is 0.355 e. The number of amides is 2. The molecule has 0 radical (unpaired) electrons. The Labute approximate surface area is 224 Å². The van der Waals surface area contributed by atoms with Crippen LogP contribution in [0.1, 0.15) is 87.2 Å². The molecule has 3 aliphatic rings. The number of hydrogen-bond donors (Lipinski definition) is 1. The normalized spacial score (nSPS) is 19.6. The van der Waals surface area contributed by atoms with Gasteiger partial charge in [-0.1, -0.05) is 31.4 Å². The van der Waals surface area contributed by atoms with Crippen molar-refractivity contribution >= 4 is 45.0 Å². The van der Waals surface area contributed by atoms with Crippen LogP contribution in [0.5, 0.6) is 0 Å². The number of halogens is 1. The predicted octanol–water partition coefficient (Wildman–Crippen LogP) is 3.69. The smallest absolute Gasteiger partial charge is 0.236 e. The summed E-state index contributed by atoms with van der Waals surface area (Å²) in [5, 5.41) is 0.359. The van der Waals surface area contributed by atoms with E-state index in [9.17, 15) is 22.8 Å². The summed E-state index contributed by atoms with van der Waals surface area (Å²) in [6.45, 7) is 3.82. The monoisotopic (exact) mass is 552 g/mol. The van der Waals surface area contributed by atoms with Gasteiger partial charge < -0.3 is 9.80 Å². The Bertz CT molecular complexity index is 1130. The van der Waals surface area contributed by atoms with Crippen molar-refractivity contribution in [2.45, 2.75) is 77.7 Å². The van der Waals surface area contributed by atoms with Crippen molar-refractivity contribution in [1.29, 1.82) is 0 Å². The molecule has 1 aromatic rings. The molecule has 2 amide bonds. The number of likely N-dealkylation sites (tertiary alicyclic amines) is 1. The molecule has 2 aliphatic heterocycles. The predicted molar refractivity (Wildman–Crippen MR) is 142 cm³/mol. The summed E-state index contributed by atoms with van der Waals surface area (Å²) >= 11 is 6.60. The summed E-state index contributed by atoms with van der Waals surface area (Å²) in [5.41, 5.74) is 1.00. The van der Waals surface area contributed by atoms with E-state index in [-0.39, 0.29) is 29.9 Å². The fourth-order valence-corrected chi connectivity index (χ4v) is 7.41. The summed E-state index contributed by atoms with van der Waals surface area (Å²) in [4.78, 5) is 46.2. The molecule has 0 bridgehead atoms. The zero-order valence-corrected chi connectivity index (χ0v) is 23.1. The van der Waals surface area contributed by atoms with Gasteiger partial charge in [0, 0.05) is 44.0 Å². The SMILES string of the molecule is CCCC(=O)c1cc(Cl)c(N2CCC(C(=O)NS(=O)(=O)CC3CCCC3)CC2)nc1CN1CCCC1=O. The third kappa shape index (κ3) is 7.02. The van der Waals surface area contributed by atoms with Crippen LogP contribution in [0.15, 0.2) is 6.07 Å². The molecule has 4 rings (SSSR count). The number of Topliss-reactive ketones (excluding diaryl/α,β-unsaturated/α-hetero) is 1. The molecule has 3 fully saturated rings. The molecule has 11 heteroatoms. The van der Waals surface area contributed by atoms with Crippen molar-refractivity contribution in [2.75, 3.05) is 30.3 Å². The Balaban J connectivity index is 1.43. The number of carbonyl (C=O) groups excluding carboxylic acids is 3. The van der Waals surface area contributed by atoms with Gasteiger partial charge in [-0.25, -0.2) is 13.4 Å². The minimum Gasteiger partial charge on any atom is -0.355 e. The van der Waals surface area contributed by atoms with Crippen LogP contribution < -0.4 is 9.62 Å². The third-order valence-corrected chi connectivity index (χ3v) is 9.38. The molecule has 204 valence electrons. The lowest BCUT2D eigenvalue weighted by Crippen LogP contribution is -2.43. The highest BCUT2D eigenvalue weighted by Crippen LogP contribution is 2.32. The first kappa shape index (κ1) is 27.8. The molecular weight excluding hydrogens is 516 g/mol. The van der Waals surface area contributed by atoms with Crippen LogP contribution in [-0.4, -0.2) is 61.3 Å². The van der Waals surface area contributed by atoms with E-state index in [0.717, 1.165) is 32.1 Å². The van der Waals surface area contributed by atoms with Gasteiger partial charge in [0.1, 0.15) is 5.82 Å². The lowest BCUT2D eigenvalue weighted by Gasteiger charge is -2.33. The number of rotatable bonds is 10. The number of nitrogens with zero attached hydrogens (tertiary/aromatic N) is 3. The highest BCUT2D eigenvalue weighted by Gasteiger charge is 2.31. The van der Waals surface area contributed by atoms with Crippen molar-refractivity contribution < 1.29 is 22.8 Å². The number of nitrogens with one attached hydrogen (secondary N) is 1. The van der Waals surface area contributed by atoms with Crippen LogP contribution in [0.2, 0.25) is 5.02 Å². The first-order valence-corrected chi connectivity index (χ1v) is 15.5. The number of aromatic nitrogens is 1. The summed E-state index contributed by atoms with van der Waals surface area (Å²) < 4.78 is 27.3. The molecule has 9 nitrogen and oxygen atoms in total.